The van der Waals surface area contributed by atoms with Crippen molar-refractivity contribution in [3.05, 3.63) is 24.3 Å². The maximum absolute atomic E-state index is 12.4. The molecule has 1 unspecified atom stereocenters. The number of nitrogens with zero attached hydrogens (tertiary/aromatic N) is 1. The van der Waals surface area contributed by atoms with Crippen LogP contribution in [0, 0.1) is 5.92 Å². The molecule has 6 heteroatoms. The minimum atomic E-state index is -0.388. The van der Waals surface area contributed by atoms with Crippen molar-refractivity contribution in [2.24, 2.45) is 11.7 Å². The van der Waals surface area contributed by atoms with Crippen LogP contribution in [-0.2, 0) is 9.59 Å². The number of rotatable bonds is 7. The lowest BCUT2D eigenvalue weighted by Crippen LogP contribution is -2.50. The third-order valence-electron chi connectivity index (χ3n) is 4.89. The SMILES string of the molecule is CCC(N)(CC)CNC(=O)C1CC(=O)N(c2ccccc2OC)C1. The predicted octanol–water partition coefficient (Wildman–Crippen LogP) is 1.68. The molecule has 6 nitrogen and oxygen atoms in total. The van der Waals surface area contributed by atoms with Gasteiger partial charge in [0.2, 0.25) is 11.8 Å². The van der Waals surface area contributed by atoms with E-state index in [1.54, 1.807) is 18.1 Å². The maximum atomic E-state index is 12.4. The highest BCUT2D eigenvalue weighted by Gasteiger charge is 2.36. The topological polar surface area (TPSA) is 84.7 Å². The van der Waals surface area contributed by atoms with E-state index < -0.39 is 0 Å². The number of carbonyl (C=O) groups is 2. The Morgan fingerprint density at radius 1 is 1.38 bits per heavy atom. The third-order valence-corrected chi connectivity index (χ3v) is 4.89. The second-order valence-corrected chi connectivity index (χ2v) is 6.36. The van der Waals surface area contributed by atoms with Gasteiger partial charge in [0.1, 0.15) is 5.75 Å². The van der Waals surface area contributed by atoms with Crippen LogP contribution in [0.2, 0.25) is 0 Å². The molecule has 24 heavy (non-hydrogen) atoms. The Morgan fingerprint density at radius 3 is 2.67 bits per heavy atom. The average molecular weight is 333 g/mol. The lowest BCUT2D eigenvalue weighted by Gasteiger charge is -2.27. The summed E-state index contributed by atoms with van der Waals surface area (Å²) in [5.74, 6) is 0.0901. The highest BCUT2D eigenvalue weighted by atomic mass is 16.5. The molecule has 3 N–H and O–H groups in total. The van der Waals surface area contributed by atoms with Crippen LogP contribution in [0.15, 0.2) is 24.3 Å². The quantitative estimate of drug-likeness (QED) is 0.795. The molecular formula is C18H27N3O3. The van der Waals surface area contributed by atoms with E-state index in [-0.39, 0.29) is 29.7 Å². The first-order chi connectivity index (χ1) is 11.4. The molecule has 0 spiro atoms. The number of hydrogen-bond donors (Lipinski definition) is 2. The summed E-state index contributed by atoms with van der Waals surface area (Å²) in [4.78, 5) is 26.4. The number of hydrogen-bond acceptors (Lipinski definition) is 4. The van der Waals surface area contributed by atoms with Crippen LogP contribution < -0.4 is 20.7 Å². The van der Waals surface area contributed by atoms with Crippen LogP contribution in [-0.4, -0.2) is 37.6 Å². The average Bonchev–Trinajstić information content (AvgIpc) is 3.01. The van der Waals surface area contributed by atoms with Crippen LogP contribution in [0.5, 0.6) is 5.75 Å². The second kappa shape index (κ2) is 7.66. The molecule has 1 aliphatic heterocycles. The highest BCUT2D eigenvalue weighted by Crippen LogP contribution is 2.32. The molecule has 1 fully saturated rings. The Balaban J connectivity index is 2.03. The summed E-state index contributed by atoms with van der Waals surface area (Å²) in [7, 11) is 1.57. The van der Waals surface area contributed by atoms with Crippen molar-refractivity contribution in [3.8, 4) is 5.75 Å². The van der Waals surface area contributed by atoms with Crippen LogP contribution in [0.3, 0.4) is 0 Å². The highest BCUT2D eigenvalue weighted by molar-refractivity contribution is 6.01. The minimum absolute atomic E-state index is 0.0651. The molecule has 1 aromatic carbocycles. The van der Waals surface area contributed by atoms with Crippen LogP contribution in [0.4, 0.5) is 5.69 Å². The van der Waals surface area contributed by atoms with Crippen LogP contribution in [0.25, 0.3) is 0 Å². The first kappa shape index (κ1) is 18.3. The van der Waals surface area contributed by atoms with Crippen molar-refractivity contribution in [3.63, 3.8) is 0 Å². The summed E-state index contributed by atoms with van der Waals surface area (Å²) in [6.45, 7) is 4.81. The predicted molar refractivity (Wildman–Crippen MR) is 94.0 cm³/mol. The van der Waals surface area contributed by atoms with Gasteiger partial charge in [-0.05, 0) is 25.0 Å². The Labute approximate surface area is 143 Å². The number of methoxy groups -OCH3 is 1. The van der Waals surface area contributed by atoms with E-state index in [0.29, 0.717) is 24.5 Å². The van der Waals surface area contributed by atoms with E-state index in [2.05, 4.69) is 5.32 Å². The van der Waals surface area contributed by atoms with Crippen molar-refractivity contribution in [2.45, 2.75) is 38.6 Å². The van der Waals surface area contributed by atoms with Gasteiger partial charge in [-0.15, -0.1) is 0 Å². The third kappa shape index (κ3) is 3.87. The molecule has 0 bridgehead atoms. The fourth-order valence-corrected chi connectivity index (χ4v) is 2.88. The molecule has 2 rings (SSSR count). The van der Waals surface area contributed by atoms with Gasteiger partial charge in [0.25, 0.3) is 0 Å². The smallest absolute Gasteiger partial charge is 0.227 e. The Bertz CT molecular complexity index is 599. The van der Waals surface area contributed by atoms with Crippen LogP contribution in [0.1, 0.15) is 33.1 Å². The fraction of sp³-hybridized carbons (Fsp3) is 0.556. The first-order valence-electron chi connectivity index (χ1n) is 8.44. The molecule has 1 aromatic rings. The zero-order valence-corrected chi connectivity index (χ0v) is 14.7. The summed E-state index contributed by atoms with van der Waals surface area (Å²) in [6.07, 6.45) is 1.79. The summed E-state index contributed by atoms with van der Waals surface area (Å²) in [6, 6.07) is 7.34. The second-order valence-electron chi connectivity index (χ2n) is 6.36. The van der Waals surface area contributed by atoms with E-state index in [1.807, 2.05) is 32.0 Å². The Kier molecular flexibility index (Phi) is 5.83. The fourth-order valence-electron chi connectivity index (χ4n) is 2.88. The van der Waals surface area contributed by atoms with Crippen molar-refractivity contribution in [1.82, 2.24) is 5.32 Å². The lowest BCUT2D eigenvalue weighted by molar-refractivity contribution is -0.126. The number of carbonyl (C=O) groups excluding carboxylic acids is 2. The number of amides is 2. The summed E-state index contributed by atoms with van der Waals surface area (Å²) >= 11 is 0. The van der Waals surface area contributed by atoms with Gasteiger partial charge in [0.15, 0.2) is 0 Å². The van der Waals surface area contributed by atoms with Gasteiger partial charge in [-0.1, -0.05) is 26.0 Å². The summed E-state index contributed by atoms with van der Waals surface area (Å²) in [5, 5.41) is 2.91. The number of nitrogens with one attached hydrogen (secondary N) is 1. The van der Waals surface area contributed by atoms with Crippen LogP contribution >= 0.6 is 0 Å². The molecule has 1 atom stereocenters. The maximum Gasteiger partial charge on any atom is 0.227 e. The number of benzene rings is 1. The standard InChI is InChI=1S/C18H27N3O3/c1-4-18(19,5-2)12-20-17(23)13-10-16(22)21(11-13)14-8-6-7-9-15(14)24-3/h6-9,13H,4-5,10-12,19H2,1-3H3,(H,20,23). The molecule has 1 aliphatic rings. The zero-order chi connectivity index (χ0) is 17.7. The molecule has 0 aliphatic carbocycles. The van der Waals surface area contributed by atoms with Gasteiger partial charge < -0.3 is 20.7 Å². The molecule has 0 radical (unpaired) electrons. The molecule has 0 saturated carbocycles. The normalized spacial score (nSPS) is 17.9. The van der Waals surface area contributed by atoms with Gasteiger partial charge in [0, 0.05) is 25.0 Å². The Hall–Kier alpha value is -2.08. The molecule has 1 heterocycles. The van der Waals surface area contributed by atoms with Gasteiger partial charge in [-0.2, -0.15) is 0 Å². The first-order valence-corrected chi connectivity index (χ1v) is 8.44. The van der Waals surface area contributed by atoms with Gasteiger partial charge in [0.05, 0.1) is 18.7 Å². The minimum Gasteiger partial charge on any atom is -0.495 e. The van der Waals surface area contributed by atoms with Gasteiger partial charge >= 0.3 is 0 Å². The lowest BCUT2D eigenvalue weighted by atomic mass is 9.94. The largest absolute Gasteiger partial charge is 0.495 e. The van der Waals surface area contributed by atoms with Crippen molar-refractivity contribution >= 4 is 17.5 Å². The van der Waals surface area contributed by atoms with E-state index in [9.17, 15) is 9.59 Å². The number of nitrogens with two attached hydrogens (primary N) is 1. The van der Waals surface area contributed by atoms with Gasteiger partial charge in [-0.3, -0.25) is 9.59 Å². The molecule has 132 valence electrons. The zero-order valence-electron chi connectivity index (χ0n) is 14.7. The Morgan fingerprint density at radius 2 is 2.04 bits per heavy atom. The van der Waals surface area contributed by atoms with E-state index in [4.69, 9.17) is 10.5 Å². The molecular weight excluding hydrogens is 306 g/mol. The molecule has 1 saturated heterocycles. The van der Waals surface area contributed by atoms with Crippen molar-refractivity contribution in [2.75, 3.05) is 25.1 Å². The molecule has 2 amide bonds. The summed E-state index contributed by atoms with van der Waals surface area (Å²) < 4.78 is 5.31. The van der Waals surface area contributed by atoms with E-state index in [0.717, 1.165) is 12.8 Å². The van der Waals surface area contributed by atoms with Crippen molar-refractivity contribution in [1.29, 1.82) is 0 Å². The molecule has 0 aromatic heterocycles. The van der Waals surface area contributed by atoms with E-state index >= 15 is 0 Å². The number of para-hydroxylation sites is 2. The monoisotopic (exact) mass is 333 g/mol. The number of anilines is 1. The van der Waals surface area contributed by atoms with Crippen molar-refractivity contribution < 1.29 is 14.3 Å². The van der Waals surface area contributed by atoms with E-state index in [1.165, 1.54) is 0 Å². The summed E-state index contributed by atoms with van der Waals surface area (Å²) in [5.41, 5.74) is 6.53. The van der Waals surface area contributed by atoms with Gasteiger partial charge in [-0.25, -0.2) is 0 Å². The number of ether oxygens (including phenoxy) is 1.